The van der Waals surface area contributed by atoms with E-state index in [1.54, 1.807) is 17.5 Å². The molecule has 1 atom stereocenters. The summed E-state index contributed by atoms with van der Waals surface area (Å²) >= 11 is 5.03. The molecule has 1 N–H and O–H groups in total. The molecule has 0 radical (unpaired) electrons. The normalized spacial score (nSPS) is 12.1. The summed E-state index contributed by atoms with van der Waals surface area (Å²) in [4.78, 5) is 13.4. The first kappa shape index (κ1) is 15.8. The van der Waals surface area contributed by atoms with E-state index in [0.29, 0.717) is 16.1 Å². The van der Waals surface area contributed by atoms with Crippen LogP contribution >= 0.6 is 27.3 Å². The Balaban J connectivity index is 2.32. The van der Waals surface area contributed by atoms with Crippen molar-refractivity contribution in [1.82, 2.24) is 9.78 Å². The molecule has 0 saturated carbocycles. The van der Waals surface area contributed by atoms with Crippen LogP contribution in [0.25, 0.3) is 0 Å². The number of anilines is 1. The van der Waals surface area contributed by atoms with E-state index in [9.17, 15) is 4.79 Å². The topological polar surface area (TPSA) is 46.9 Å². The van der Waals surface area contributed by atoms with Crippen molar-refractivity contribution in [3.63, 3.8) is 0 Å². The zero-order valence-corrected chi connectivity index (χ0v) is 14.2. The monoisotopic (exact) mass is 365 g/mol. The van der Waals surface area contributed by atoms with Gasteiger partial charge in [-0.05, 0) is 33.3 Å². The first-order valence-corrected chi connectivity index (χ1v) is 8.21. The van der Waals surface area contributed by atoms with E-state index in [1.165, 1.54) is 9.56 Å². The van der Waals surface area contributed by atoms with Gasteiger partial charge in [-0.15, -0.1) is 17.8 Å². The highest BCUT2D eigenvalue weighted by atomic mass is 79.9. The Morgan fingerprint density at radius 3 is 2.90 bits per heavy atom. The number of rotatable bonds is 5. The van der Waals surface area contributed by atoms with Gasteiger partial charge in [-0.25, -0.2) is 4.68 Å². The summed E-state index contributed by atoms with van der Waals surface area (Å²) in [5.74, 6) is 2.79. The Bertz CT molecular complexity index is 701. The van der Waals surface area contributed by atoms with Crippen molar-refractivity contribution in [3.8, 4) is 12.3 Å². The van der Waals surface area contributed by atoms with Crippen LogP contribution in [0.3, 0.4) is 0 Å². The Morgan fingerprint density at radius 1 is 1.57 bits per heavy atom. The first-order valence-electron chi connectivity index (χ1n) is 6.53. The van der Waals surface area contributed by atoms with Crippen molar-refractivity contribution < 1.29 is 0 Å². The minimum absolute atomic E-state index is 0.131. The van der Waals surface area contributed by atoms with Crippen LogP contribution in [0.2, 0.25) is 0 Å². The van der Waals surface area contributed by atoms with Gasteiger partial charge in [0.25, 0.3) is 5.56 Å². The number of aromatic nitrogens is 2. The second kappa shape index (κ2) is 6.92. The van der Waals surface area contributed by atoms with Crippen molar-refractivity contribution in [2.45, 2.75) is 26.4 Å². The molecule has 4 nitrogen and oxygen atoms in total. The second-order valence-corrected chi connectivity index (χ2v) is 6.69. The third kappa shape index (κ3) is 3.55. The highest BCUT2D eigenvalue weighted by molar-refractivity contribution is 9.10. The Morgan fingerprint density at radius 2 is 2.33 bits per heavy atom. The number of nitrogens with one attached hydrogen (secondary N) is 1. The number of thiophene rings is 1. The van der Waals surface area contributed by atoms with Crippen LogP contribution in [0.15, 0.2) is 33.0 Å². The molecule has 0 fully saturated rings. The molecule has 0 aliphatic rings. The Kier molecular flexibility index (Phi) is 5.21. The molecule has 0 spiro atoms. The van der Waals surface area contributed by atoms with Crippen LogP contribution in [-0.2, 0) is 6.54 Å². The molecule has 1 unspecified atom stereocenters. The zero-order valence-electron chi connectivity index (χ0n) is 11.8. The van der Waals surface area contributed by atoms with Crippen LogP contribution in [0, 0.1) is 18.3 Å². The smallest absolute Gasteiger partial charge is 0.284 e. The number of hydrogen-bond acceptors (Lipinski definition) is 4. The van der Waals surface area contributed by atoms with Crippen molar-refractivity contribution in [2.75, 3.05) is 5.32 Å². The molecule has 0 bridgehead atoms. The molecule has 0 amide bonds. The van der Waals surface area contributed by atoms with Gasteiger partial charge < -0.3 is 5.32 Å². The summed E-state index contributed by atoms with van der Waals surface area (Å²) in [6.07, 6.45) is 6.85. The van der Waals surface area contributed by atoms with Crippen LogP contribution < -0.4 is 10.9 Å². The van der Waals surface area contributed by atoms with E-state index in [1.807, 2.05) is 11.4 Å². The van der Waals surface area contributed by atoms with Gasteiger partial charge in [0.15, 0.2) is 0 Å². The number of terminal acetylenes is 1. The highest BCUT2D eigenvalue weighted by Crippen LogP contribution is 2.31. The quantitative estimate of drug-likeness (QED) is 0.824. The third-order valence-electron chi connectivity index (χ3n) is 3.05. The minimum atomic E-state index is -0.230. The van der Waals surface area contributed by atoms with E-state index in [-0.39, 0.29) is 18.1 Å². The van der Waals surface area contributed by atoms with E-state index in [4.69, 9.17) is 6.42 Å². The Labute approximate surface area is 136 Å². The molecule has 110 valence electrons. The maximum absolute atomic E-state index is 12.1. The van der Waals surface area contributed by atoms with E-state index in [0.717, 1.165) is 0 Å². The lowest BCUT2D eigenvalue weighted by Crippen LogP contribution is -2.25. The lowest BCUT2D eigenvalue weighted by molar-refractivity contribution is 0.551. The average molecular weight is 366 g/mol. The largest absolute Gasteiger partial charge is 0.375 e. The van der Waals surface area contributed by atoms with E-state index in [2.05, 4.69) is 52.2 Å². The zero-order chi connectivity index (χ0) is 15.4. The van der Waals surface area contributed by atoms with E-state index < -0.39 is 0 Å². The SMILES string of the molecule is C#CCn1ncc(NC(c2cccs2)C(C)C)c(Br)c1=O. The van der Waals surface area contributed by atoms with Gasteiger partial charge in [-0.3, -0.25) is 4.79 Å². The van der Waals surface area contributed by atoms with Gasteiger partial charge in [0.2, 0.25) is 0 Å². The fraction of sp³-hybridized carbons (Fsp3) is 0.333. The number of halogens is 1. The summed E-state index contributed by atoms with van der Waals surface area (Å²) in [7, 11) is 0. The molecule has 2 heterocycles. The van der Waals surface area contributed by atoms with Gasteiger partial charge in [0.05, 0.1) is 17.9 Å². The Hall–Kier alpha value is -1.58. The second-order valence-electron chi connectivity index (χ2n) is 4.92. The summed E-state index contributed by atoms with van der Waals surface area (Å²) in [5.41, 5.74) is 0.451. The molecule has 2 aromatic rings. The van der Waals surface area contributed by atoms with Gasteiger partial charge in [-0.1, -0.05) is 25.8 Å². The summed E-state index contributed by atoms with van der Waals surface area (Å²) in [6.45, 7) is 4.44. The van der Waals surface area contributed by atoms with Gasteiger partial charge >= 0.3 is 0 Å². The lowest BCUT2D eigenvalue weighted by atomic mass is 10.0. The van der Waals surface area contributed by atoms with Crippen molar-refractivity contribution in [1.29, 1.82) is 0 Å². The standard InChI is InChI=1S/C15H16BrN3OS/c1-4-7-19-15(20)13(16)11(9-17-19)18-14(10(2)3)12-6-5-8-21-12/h1,5-6,8-10,14,18H,7H2,2-3H3. The molecule has 21 heavy (non-hydrogen) atoms. The molecule has 0 saturated heterocycles. The first-order chi connectivity index (χ1) is 10.0. The van der Waals surface area contributed by atoms with Crippen molar-refractivity contribution in [2.24, 2.45) is 5.92 Å². The molecule has 0 aromatic carbocycles. The molecule has 2 aromatic heterocycles. The molecule has 0 aliphatic carbocycles. The summed E-state index contributed by atoms with van der Waals surface area (Å²) in [6, 6.07) is 4.24. The van der Waals surface area contributed by atoms with Crippen molar-refractivity contribution in [3.05, 3.63) is 43.4 Å². The fourth-order valence-electron chi connectivity index (χ4n) is 1.97. The van der Waals surface area contributed by atoms with E-state index >= 15 is 0 Å². The van der Waals surface area contributed by atoms with Crippen LogP contribution in [0.4, 0.5) is 5.69 Å². The molecule has 2 rings (SSSR count). The fourth-order valence-corrected chi connectivity index (χ4v) is 3.34. The molecule has 6 heteroatoms. The van der Waals surface area contributed by atoms with Gasteiger partial charge in [0.1, 0.15) is 11.0 Å². The predicted molar refractivity (Wildman–Crippen MR) is 90.6 cm³/mol. The van der Waals surface area contributed by atoms with Gasteiger partial charge in [-0.2, -0.15) is 5.10 Å². The number of nitrogens with zero attached hydrogens (tertiary/aromatic N) is 2. The average Bonchev–Trinajstić information content (AvgIpc) is 2.97. The number of hydrogen-bond donors (Lipinski definition) is 1. The summed E-state index contributed by atoms with van der Waals surface area (Å²) < 4.78 is 1.71. The molecular weight excluding hydrogens is 350 g/mol. The van der Waals surface area contributed by atoms with Gasteiger partial charge in [0, 0.05) is 4.88 Å². The predicted octanol–water partition coefficient (Wildman–Crippen LogP) is 3.51. The van der Waals surface area contributed by atoms with Crippen LogP contribution in [0.5, 0.6) is 0 Å². The highest BCUT2D eigenvalue weighted by Gasteiger charge is 2.19. The maximum atomic E-state index is 12.1. The maximum Gasteiger partial charge on any atom is 0.284 e. The lowest BCUT2D eigenvalue weighted by Gasteiger charge is -2.23. The minimum Gasteiger partial charge on any atom is -0.375 e. The molecular formula is C15H16BrN3OS. The van der Waals surface area contributed by atoms with Crippen LogP contribution in [0.1, 0.15) is 24.8 Å². The molecule has 0 aliphatic heterocycles. The third-order valence-corrected chi connectivity index (χ3v) is 4.78. The van der Waals surface area contributed by atoms with Crippen molar-refractivity contribution >= 4 is 33.0 Å². The summed E-state index contributed by atoms with van der Waals surface area (Å²) in [5, 5.41) is 9.54. The van der Waals surface area contributed by atoms with Crippen LogP contribution in [-0.4, -0.2) is 9.78 Å².